The van der Waals surface area contributed by atoms with Crippen molar-refractivity contribution in [2.45, 2.75) is 194 Å². The molecule has 0 N–H and O–H groups in total. The summed E-state index contributed by atoms with van der Waals surface area (Å²) < 4.78 is 11.8. The molecule has 1 atom stereocenters. The Kier molecular flexibility index (Phi) is 24.7. The summed E-state index contributed by atoms with van der Waals surface area (Å²) in [5, 5.41) is 0. The molecule has 0 aromatic heterocycles. The molecule has 3 heteroatoms. The number of ether oxygens (including phenoxy) is 2. The van der Waals surface area contributed by atoms with Crippen molar-refractivity contribution >= 4 is 5.97 Å². The highest BCUT2D eigenvalue weighted by atomic mass is 16.5. The van der Waals surface area contributed by atoms with E-state index in [4.69, 9.17) is 9.47 Å². The highest BCUT2D eigenvalue weighted by Gasteiger charge is 2.12. The SMILES string of the molecule is CCCCCCCCCCCCCCCCCCCCOC(C)c1ccc(C(=O)Oc2ccc(-c3ccc(CCCCCCCCC)cc3)cc2)cc1. The number of aryl methyl sites for hydroxylation is 1. The Morgan fingerprint density at radius 2 is 0.868 bits per heavy atom. The highest BCUT2D eigenvalue weighted by molar-refractivity contribution is 5.91. The van der Waals surface area contributed by atoms with Gasteiger partial charge in [0.1, 0.15) is 5.75 Å². The number of hydrogen-bond acceptors (Lipinski definition) is 3. The fourth-order valence-corrected chi connectivity index (χ4v) is 7.28. The van der Waals surface area contributed by atoms with Gasteiger partial charge < -0.3 is 9.47 Å². The second kappa shape index (κ2) is 29.4. The standard InChI is InChI=1S/C50H76O3/c1-4-6-8-10-12-13-14-15-16-17-18-19-20-21-22-24-26-28-42-52-43(3)45-34-36-48(37-35-45)50(51)53-49-40-38-47(39-41-49)46-32-30-44(31-33-46)29-27-25-23-11-9-7-5-2/h30-41,43H,4-29,42H2,1-3H3. The van der Waals surface area contributed by atoms with Crippen molar-refractivity contribution in [3.05, 3.63) is 89.5 Å². The van der Waals surface area contributed by atoms with E-state index in [1.165, 1.54) is 165 Å². The lowest BCUT2D eigenvalue weighted by atomic mass is 10.0. The minimum absolute atomic E-state index is 0.00722. The molecule has 0 heterocycles. The lowest BCUT2D eigenvalue weighted by Crippen LogP contribution is -2.09. The smallest absolute Gasteiger partial charge is 0.343 e. The van der Waals surface area contributed by atoms with E-state index in [0.717, 1.165) is 30.6 Å². The molecule has 1 unspecified atom stereocenters. The van der Waals surface area contributed by atoms with Gasteiger partial charge in [0.25, 0.3) is 0 Å². The second-order valence-electron chi connectivity index (χ2n) is 15.6. The maximum Gasteiger partial charge on any atom is 0.343 e. The van der Waals surface area contributed by atoms with Crippen LogP contribution in [0.3, 0.4) is 0 Å². The van der Waals surface area contributed by atoms with E-state index >= 15 is 0 Å². The summed E-state index contributed by atoms with van der Waals surface area (Å²) in [6, 6.07) is 24.4. The topological polar surface area (TPSA) is 35.5 Å². The van der Waals surface area contributed by atoms with Crippen LogP contribution in [0.25, 0.3) is 11.1 Å². The van der Waals surface area contributed by atoms with Crippen LogP contribution in [0.15, 0.2) is 72.8 Å². The number of hydrogen-bond donors (Lipinski definition) is 0. The van der Waals surface area contributed by atoms with Crippen molar-refractivity contribution in [2.75, 3.05) is 6.61 Å². The van der Waals surface area contributed by atoms with Gasteiger partial charge in [-0.1, -0.05) is 210 Å². The zero-order valence-electron chi connectivity index (χ0n) is 34.3. The van der Waals surface area contributed by atoms with E-state index in [1.807, 2.05) is 48.5 Å². The molecule has 0 saturated heterocycles. The van der Waals surface area contributed by atoms with E-state index in [-0.39, 0.29) is 12.1 Å². The first-order chi connectivity index (χ1) is 26.1. The Morgan fingerprint density at radius 1 is 0.472 bits per heavy atom. The first kappa shape index (κ1) is 44.5. The van der Waals surface area contributed by atoms with Gasteiger partial charge in [-0.25, -0.2) is 4.79 Å². The van der Waals surface area contributed by atoms with Gasteiger partial charge in [-0.05, 0) is 72.7 Å². The average molecular weight is 725 g/mol. The minimum Gasteiger partial charge on any atom is -0.423 e. The van der Waals surface area contributed by atoms with Crippen LogP contribution in [0.5, 0.6) is 5.75 Å². The second-order valence-corrected chi connectivity index (χ2v) is 15.6. The molecule has 294 valence electrons. The molecule has 0 radical (unpaired) electrons. The minimum atomic E-state index is -0.341. The van der Waals surface area contributed by atoms with Crippen LogP contribution in [0.4, 0.5) is 0 Å². The summed E-state index contributed by atoms with van der Waals surface area (Å²) >= 11 is 0. The van der Waals surface area contributed by atoms with E-state index in [1.54, 1.807) is 0 Å². The molecule has 0 spiro atoms. The van der Waals surface area contributed by atoms with Gasteiger partial charge >= 0.3 is 5.97 Å². The quantitative estimate of drug-likeness (QED) is 0.0365. The third-order valence-electron chi connectivity index (χ3n) is 10.9. The molecule has 3 aromatic rings. The fraction of sp³-hybridized carbons (Fsp3) is 0.620. The summed E-state index contributed by atoms with van der Waals surface area (Å²) in [4.78, 5) is 12.9. The first-order valence-corrected chi connectivity index (χ1v) is 22.2. The van der Waals surface area contributed by atoms with Crippen LogP contribution in [0, 0.1) is 0 Å². The molecule has 53 heavy (non-hydrogen) atoms. The molecule has 3 nitrogen and oxygen atoms in total. The number of benzene rings is 3. The lowest BCUT2D eigenvalue weighted by Gasteiger charge is -2.14. The maximum absolute atomic E-state index is 12.9. The van der Waals surface area contributed by atoms with E-state index in [9.17, 15) is 4.79 Å². The molecular formula is C50H76O3. The van der Waals surface area contributed by atoms with Crippen molar-refractivity contribution in [3.63, 3.8) is 0 Å². The van der Waals surface area contributed by atoms with Crippen molar-refractivity contribution in [1.29, 1.82) is 0 Å². The average Bonchev–Trinajstić information content (AvgIpc) is 3.19. The van der Waals surface area contributed by atoms with Crippen molar-refractivity contribution in [3.8, 4) is 16.9 Å². The van der Waals surface area contributed by atoms with Crippen molar-refractivity contribution in [2.24, 2.45) is 0 Å². The molecule has 0 bridgehead atoms. The zero-order chi connectivity index (χ0) is 37.6. The van der Waals surface area contributed by atoms with Crippen LogP contribution < -0.4 is 4.74 Å². The van der Waals surface area contributed by atoms with Gasteiger partial charge in [-0.15, -0.1) is 0 Å². The van der Waals surface area contributed by atoms with Crippen molar-refractivity contribution < 1.29 is 14.3 Å². The van der Waals surface area contributed by atoms with Crippen LogP contribution >= 0.6 is 0 Å². The Bertz CT molecular complexity index is 1290. The first-order valence-electron chi connectivity index (χ1n) is 22.2. The molecule has 3 aromatic carbocycles. The summed E-state index contributed by atoms with van der Waals surface area (Å²) in [6.45, 7) is 7.44. The Morgan fingerprint density at radius 3 is 1.32 bits per heavy atom. The molecule has 3 rings (SSSR count). The van der Waals surface area contributed by atoms with Crippen LogP contribution in [0.2, 0.25) is 0 Å². The van der Waals surface area contributed by atoms with E-state index in [2.05, 4.69) is 45.0 Å². The van der Waals surface area contributed by atoms with E-state index < -0.39 is 0 Å². The summed E-state index contributed by atoms with van der Waals surface area (Å²) in [5.41, 5.74) is 5.33. The molecule has 0 saturated carbocycles. The third kappa shape index (κ3) is 20.4. The summed E-state index contributed by atoms with van der Waals surface area (Å²) in [7, 11) is 0. The van der Waals surface area contributed by atoms with Crippen LogP contribution in [0.1, 0.15) is 209 Å². The van der Waals surface area contributed by atoms with Crippen LogP contribution in [-0.4, -0.2) is 12.6 Å². The lowest BCUT2D eigenvalue weighted by molar-refractivity contribution is 0.0626. The molecule has 0 fully saturated rings. The Hall–Kier alpha value is -2.91. The number of esters is 1. The van der Waals surface area contributed by atoms with Crippen LogP contribution in [-0.2, 0) is 11.2 Å². The van der Waals surface area contributed by atoms with Gasteiger partial charge in [-0.3, -0.25) is 0 Å². The normalized spacial score (nSPS) is 11.9. The van der Waals surface area contributed by atoms with Gasteiger partial charge in [0, 0.05) is 6.61 Å². The largest absolute Gasteiger partial charge is 0.423 e. The molecular weight excluding hydrogens is 649 g/mol. The predicted molar refractivity (Wildman–Crippen MR) is 228 cm³/mol. The molecule has 0 aliphatic rings. The predicted octanol–water partition coefficient (Wildman–Crippen LogP) is 16.0. The maximum atomic E-state index is 12.9. The number of carbonyl (C=O) groups excluding carboxylic acids is 1. The monoisotopic (exact) mass is 725 g/mol. The van der Waals surface area contributed by atoms with Gasteiger partial charge in [0.05, 0.1) is 11.7 Å². The number of unbranched alkanes of at least 4 members (excludes halogenated alkanes) is 23. The number of rotatable bonds is 32. The van der Waals surface area contributed by atoms with Crippen molar-refractivity contribution in [1.82, 2.24) is 0 Å². The molecule has 0 amide bonds. The highest BCUT2D eigenvalue weighted by Crippen LogP contribution is 2.25. The van der Waals surface area contributed by atoms with Gasteiger partial charge in [-0.2, -0.15) is 0 Å². The van der Waals surface area contributed by atoms with E-state index in [0.29, 0.717) is 11.3 Å². The Labute approximate surface area is 326 Å². The number of carbonyl (C=O) groups is 1. The van der Waals surface area contributed by atoms with Gasteiger partial charge in [0.2, 0.25) is 0 Å². The molecule has 0 aliphatic heterocycles. The van der Waals surface area contributed by atoms with Gasteiger partial charge in [0.15, 0.2) is 0 Å². The summed E-state index contributed by atoms with van der Waals surface area (Å²) in [6.07, 6.45) is 35.5. The third-order valence-corrected chi connectivity index (χ3v) is 10.9. The fourth-order valence-electron chi connectivity index (χ4n) is 7.28. The summed E-state index contributed by atoms with van der Waals surface area (Å²) in [5.74, 6) is 0.214. The zero-order valence-corrected chi connectivity index (χ0v) is 34.3. The molecule has 0 aliphatic carbocycles. The Balaban J connectivity index is 1.20.